The summed E-state index contributed by atoms with van der Waals surface area (Å²) >= 11 is 12.9. The summed E-state index contributed by atoms with van der Waals surface area (Å²) in [6.45, 7) is 9.28. The molecule has 0 unspecified atom stereocenters. The molecule has 4 aromatic carbocycles. The van der Waals surface area contributed by atoms with E-state index in [0.717, 1.165) is 12.2 Å². The van der Waals surface area contributed by atoms with Crippen LogP contribution in [0.3, 0.4) is 0 Å². The van der Waals surface area contributed by atoms with Crippen LogP contribution in [0.2, 0.25) is 10.0 Å². The Kier molecular flexibility index (Phi) is 14.0. The highest BCUT2D eigenvalue weighted by atomic mass is 35.5. The first-order valence-corrected chi connectivity index (χ1v) is 17.6. The van der Waals surface area contributed by atoms with E-state index in [0.29, 0.717) is 36.5 Å². The molecule has 15 heteroatoms. The number of nitrogens with zero attached hydrogens (tertiary/aromatic N) is 1. The fourth-order valence-corrected chi connectivity index (χ4v) is 5.43. The van der Waals surface area contributed by atoms with Crippen LogP contribution in [0.4, 0.5) is 0 Å². The van der Waals surface area contributed by atoms with Crippen LogP contribution in [0.1, 0.15) is 39.1 Å². The van der Waals surface area contributed by atoms with Crippen molar-refractivity contribution in [3.8, 4) is 34.5 Å². The quantitative estimate of drug-likeness (QED) is 0.0386. The van der Waals surface area contributed by atoms with Crippen LogP contribution in [-0.4, -0.2) is 55.3 Å². The van der Waals surface area contributed by atoms with E-state index in [-0.39, 0.29) is 74.8 Å². The Morgan fingerprint density at radius 1 is 0.714 bits per heavy atom. The number of rotatable bonds is 17. The first kappa shape index (κ1) is 40.7. The lowest BCUT2D eigenvalue weighted by Crippen LogP contribution is -2.11. The molecular formula is C41H33Cl2NO12. The zero-order valence-electron chi connectivity index (χ0n) is 29.8. The van der Waals surface area contributed by atoms with E-state index in [1.807, 2.05) is 0 Å². The SMILES string of the molecule is C=CC(=O)OCCCOc1ccc(C(=O)Oc2cc3c(=O)oc(-c4cc(Cl)c(OC(=O)c5ccc(OCCCOC(=O)C=C)cc5)c(Cl)c4)nc3cc2C)cc1. The van der Waals surface area contributed by atoms with Gasteiger partial charge in [0.1, 0.15) is 17.2 Å². The molecule has 0 spiro atoms. The molecule has 0 saturated carbocycles. The summed E-state index contributed by atoms with van der Waals surface area (Å²) in [5.74, 6) is -1.54. The van der Waals surface area contributed by atoms with Crippen molar-refractivity contribution in [3.05, 3.63) is 135 Å². The van der Waals surface area contributed by atoms with Crippen LogP contribution in [-0.2, 0) is 19.1 Å². The van der Waals surface area contributed by atoms with Gasteiger partial charge in [-0.2, -0.15) is 0 Å². The molecule has 0 fully saturated rings. The first-order chi connectivity index (χ1) is 26.9. The molecule has 0 amide bonds. The average molecular weight is 803 g/mol. The van der Waals surface area contributed by atoms with Gasteiger partial charge in [-0.3, -0.25) is 0 Å². The number of aromatic nitrogens is 1. The van der Waals surface area contributed by atoms with E-state index in [4.69, 9.17) is 56.0 Å². The molecule has 0 aliphatic rings. The highest BCUT2D eigenvalue weighted by Gasteiger charge is 2.20. The van der Waals surface area contributed by atoms with Crippen molar-refractivity contribution < 1.29 is 52.0 Å². The summed E-state index contributed by atoms with van der Waals surface area (Å²) in [6, 6.07) is 18.1. The minimum atomic E-state index is -0.769. The number of hydrogen-bond donors (Lipinski definition) is 0. The van der Waals surface area contributed by atoms with E-state index in [1.54, 1.807) is 37.3 Å². The highest BCUT2D eigenvalue weighted by molar-refractivity contribution is 6.37. The minimum absolute atomic E-state index is 0.0490. The lowest BCUT2D eigenvalue weighted by atomic mass is 10.1. The number of fused-ring (bicyclic) bond motifs is 1. The molecule has 5 aromatic rings. The number of carbonyl (C=O) groups excluding carboxylic acids is 4. The molecule has 1 heterocycles. The summed E-state index contributed by atoms with van der Waals surface area (Å²) in [6.07, 6.45) is 3.09. The average Bonchev–Trinajstić information content (AvgIpc) is 3.19. The van der Waals surface area contributed by atoms with Gasteiger partial charge in [-0.25, -0.2) is 29.0 Å². The van der Waals surface area contributed by atoms with Crippen molar-refractivity contribution in [2.75, 3.05) is 26.4 Å². The van der Waals surface area contributed by atoms with Gasteiger partial charge in [0.25, 0.3) is 0 Å². The van der Waals surface area contributed by atoms with E-state index in [9.17, 15) is 24.0 Å². The third-order valence-electron chi connectivity index (χ3n) is 7.68. The summed E-state index contributed by atoms with van der Waals surface area (Å²) in [7, 11) is 0. The van der Waals surface area contributed by atoms with E-state index >= 15 is 0 Å². The van der Waals surface area contributed by atoms with Crippen LogP contribution in [0, 0.1) is 6.92 Å². The molecule has 0 aliphatic heterocycles. The number of ether oxygens (including phenoxy) is 6. The monoisotopic (exact) mass is 801 g/mol. The van der Waals surface area contributed by atoms with E-state index < -0.39 is 29.5 Å². The van der Waals surface area contributed by atoms with Gasteiger partial charge in [-0.05, 0) is 85.3 Å². The first-order valence-electron chi connectivity index (χ1n) is 16.9. The molecule has 5 rings (SSSR count). The van der Waals surface area contributed by atoms with Crippen LogP contribution in [0.5, 0.6) is 23.0 Å². The summed E-state index contributed by atoms with van der Waals surface area (Å²) < 4.78 is 37.6. The number of halogens is 2. The van der Waals surface area contributed by atoms with Crippen LogP contribution in [0.15, 0.2) is 107 Å². The third-order valence-corrected chi connectivity index (χ3v) is 8.25. The maximum absolute atomic E-state index is 13.1. The van der Waals surface area contributed by atoms with Gasteiger partial charge in [-0.1, -0.05) is 36.4 Å². The standard InChI is InChI=1S/C41H33Cl2NO12/c1-4-35(45)52-18-6-16-50-28-12-8-25(9-13-28)39(47)54-34-23-30-33(20-24(34)3)44-38(56-41(30)49)27-21-31(42)37(32(43)22-27)55-40(48)26-10-14-29(15-11-26)51-17-7-19-53-36(46)5-2/h4-5,8-15,20-23H,1-2,6-7,16-19H2,3H3. The topological polar surface area (TPSA) is 167 Å². The van der Waals surface area contributed by atoms with Gasteiger partial charge in [-0.15, -0.1) is 0 Å². The Morgan fingerprint density at radius 2 is 1.21 bits per heavy atom. The van der Waals surface area contributed by atoms with Crippen LogP contribution < -0.4 is 24.6 Å². The molecular weight excluding hydrogens is 769 g/mol. The Morgan fingerprint density at radius 3 is 1.71 bits per heavy atom. The second-order valence-corrected chi connectivity index (χ2v) is 12.5. The van der Waals surface area contributed by atoms with Crippen molar-refractivity contribution in [2.45, 2.75) is 19.8 Å². The second-order valence-electron chi connectivity index (χ2n) is 11.7. The van der Waals surface area contributed by atoms with E-state index in [1.165, 1.54) is 42.5 Å². The zero-order valence-corrected chi connectivity index (χ0v) is 31.4. The molecule has 56 heavy (non-hydrogen) atoms. The van der Waals surface area contributed by atoms with Crippen molar-refractivity contribution in [1.29, 1.82) is 0 Å². The van der Waals surface area contributed by atoms with Crippen LogP contribution in [0.25, 0.3) is 22.4 Å². The van der Waals surface area contributed by atoms with Gasteiger partial charge in [0.15, 0.2) is 5.75 Å². The molecule has 288 valence electrons. The fourth-order valence-electron chi connectivity index (χ4n) is 4.86. The number of benzene rings is 4. The van der Waals surface area contributed by atoms with Gasteiger partial charge in [0, 0.05) is 30.6 Å². The van der Waals surface area contributed by atoms with Crippen LogP contribution >= 0.6 is 23.2 Å². The predicted octanol–water partition coefficient (Wildman–Crippen LogP) is 7.90. The number of esters is 4. The third kappa shape index (κ3) is 10.8. The summed E-state index contributed by atoms with van der Waals surface area (Å²) in [4.78, 5) is 65.6. The van der Waals surface area contributed by atoms with Crippen molar-refractivity contribution in [2.24, 2.45) is 0 Å². The van der Waals surface area contributed by atoms with Crippen molar-refractivity contribution >= 4 is 58.0 Å². The molecule has 1 aromatic heterocycles. The zero-order chi connectivity index (χ0) is 40.2. The molecule has 0 atom stereocenters. The van der Waals surface area contributed by atoms with Crippen molar-refractivity contribution in [1.82, 2.24) is 4.98 Å². The van der Waals surface area contributed by atoms with Gasteiger partial charge in [0.05, 0.1) is 58.5 Å². The Bertz CT molecular complexity index is 2310. The Balaban J connectivity index is 1.21. The molecule has 0 N–H and O–H groups in total. The molecule has 0 aliphatic carbocycles. The molecule has 0 saturated heterocycles. The van der Waals surface area contributed by atoms with E-state index in [2.05, 4.69) is 18.1 Å². The number of hydrogen-bond acceptors (Lipinski definition) is 13. The van der Waals surface area contributed by atoms with Crippen molar-refractivity contribution in [3.63, 3.8) is 0 Å². The van der Waals surface area contributed by atoms with Gasteiger partial charge >= 0.3 is 29.5 Å². The molecule has 13 nitrogen and oxygen atoms in total. The largest absolute Gasteiger partial charge is 0.493 e. The Hall–Kier alpha value is -6.44. The van der Waals surface area contributed by atoms with Gasteiger partial charge < -0.3 is 32.8 Å². The molecule has 0 radical (unpaired) electrons. The summed E-state index contributed by atoms with van der Waals surface area (Å²) in [5, 5.41) is -0.0444. The Labute approximate surface area is 329 Å². The highest BCUT2D eigenvalue weighted by Crippen LogP contribution is 2.38. The maximum Gasteiger partial charge on any atom is 0.347 e. The lowest BCUT2D eigenvalue weighted by molar-refractivity contribution is -0.138. The predicted molar refractivity (Wildman–Crippen MR) is 206 cm³/mol. The fraction of sp³-hybridized carbons (Fsp3) is 0.171. The summed E-state index contributed by atoms with van der Waals surface area (Å²) in [5.41, 5.74) is 0.655. The number of aryl methyl sites for hydroxylation is 1. The minimum Gasteiger partial charge on any atom is -0.493 e. The smallest absolute Gasteiger partial charge is 0.347 e. The lowest BCUT2D eigenvalue weighted by Gasteiger charge is -2.12. The maximum atomic E-state index is 13.1. The molecule has 0 bridgehead atoms. The second kappa shape index (κ2) is 19.2. The number of carbonyl (C=O) groups is 4. The normalized spacial score (nSPS) is 10.6. The van der Waals surface area contributed by atoms with Gasteiger partial charge in [0.2, 0.25) is 5.89 Å².